The van der Waals surface area contributed by atoms with Crippen molar-refractivity contribution < 1.29 is 19.1 Å². The number of anilines is 1. The first-order valence-electron chi connectivity index (χ1n) is 11.9. The lowest BCUT2D eigenvalue weighted by atomic mass is 9.89. The van der Waals surface area contributed by atoms with Crippen LogP contribution in [0.2, 0.25) is 0 Å². The molecule has 186 valence electrons. The number of carbonyl (C=O) groups excluding carboxylic acids is 1. The Kier molecular flexibility index (Phi) is 6.84. The molecule has 2 aromatic rings. The molecule has 0 bridgehead atoms. The number of amides is 1. The third-order valence-electron chi connectivity index (χ3n) is 6.17. The van der Waals surface area contributed by atoms with E-state index in [-0.39, 0.29) is 17.4 Å². The zero-order valence-corrected chi connectivity index (χ0v) is 21.5. The summed E-state index contributed by atoms with van der Waals surface area (Å²) in [6, 6.07) is 16.6. The monoisotopic (exact) mass is 486 g/mol. The number of carboxylic acids is 1. The number of nitrogens with zero attached hydrogens (tertiary/aromatic N) is 2. The van der Waals surface area contributed by atoms with Crippen molar-refractivity contribution >= 4 is 28.5 Å². The quantitative estimate of drug-likeness (QED) is 0.312. The van der Waals surface area contributed by atoms with E-state index in [1.165, 1.54) is 6.07 Å². The molecule has 0 atom stereocenters. The van der Waals surface area contributed by atoms with Gasteiger partial charge in [-0.2, -0.15) is 0 Å². The highest BCUT2D eigenvalue weighted by molar-refractivity contribution is 6.09. The van der Waals surface area contributed by atoms with Crippen LogP contribution in [-0.4, -0.2) is 51.7 Å². The van der Waals surface area contributed by atoms with Crippen molar-refractivity contribution in [2.45, 2.75) is 13.8 Å². The van der Waals surface area contributed by atoms with Gasteiger partial charge in [0.05, 0.1) is 11.6 Å². The number of carbonyl (C=O) groups is 2. The van der Waals surface area contributed by atoms with Crippen molar-refractivity contribution in [2.75, 3.05) is 39.6 Å². The molecule has 2 aromatic carbocycles. The van der Waals surface area contributed by atoms with E-state index in [9.17, 15) is 14.7 Å². The summed E-state index contributed by atoms with van der Waals surface area (Å²) in [5.41, 5.74) is 4.08. The van der Waals surface area contributed by atoms with Gasteiger partial charge in [-0.25, -0.2) is 9.37 Å². The highest BCUT2D eigenvalue weighted by atomic mass is 16.4. The van der Waals surface area contributed by atoms with Crippen molar-refractivity contribution in [3.8, 4) is 22.5 Å². The second-order valence-corrected chi connectivity index (χ2v) is 9.80. The Morgan fingerprint density at radius 2 is 1.72 bits per heavy atom. The maximum atomic E-state index is 12.7. The molecule has 0 fully saturated rings. The third-order valence-corrected chi connectivity index (χ3v) is 6.17. The van der Waals surface area contributed by atoms with E-state index in [2.05, 4.69) is 5.32 Å². The number of aromatic carboxylic acids is 1. The smallest absolute Gasteiger partial charge is 0.336 e. The van der Waals surface area contributed by atoms with Crippen LogP contribution in [-0.2, 0) is 0 Å². The fraction of sp³-hybridized carbons (Fsp3) is 0.276. The zero-order valence-electron chi connectivity index (χ0n) is 21.5. The Labute approximate surface area is 210 Å². The van der Waals surface area contributed by atoms with Crippen molar-refractivity contribution in [1.29, 1.82) is 0 Å². The van der Waals surface area contributed by atoms with Crippen LogP contribution in [0.15, 0.2) is 59.0 Å². The van der Waals surface area contributed by atoms with Gasteiger partial charge in [-0.1, -0.05) is 19.9 Å². The van der Waals surface area contributed by atoms with E-state index in [1.807, 2.05) is 87.9 Å². The molecule has 4 rings (SSSR count). The molecular formula is C29H32N3O4+. The molecule has 36 heavy (non-hydrogen) atoms. The number of benzene rings is 3. The summed E-state index contributed by atoms with van der Waals surface area (Å²) < 4.78 is 8.33. The summed E-state index contributed by atoms with van der Waals surface area (Å²) in [6.45, 7) is 4.53. The van der Waals surface area contributed by atoms with Crippen molar-refractivity contribution in [3.63, 3.8) is 0 Å². The standard InChI is InChI=1S/C29H31N3O4/c1-17(2)16-30-28(33)18-7-10-21(24(13-18)29(34)35)27-22-11-8-19(31(3)4)14-25(22)36-26-15-20(32(5)6)9-12-23(26)27/h7-15,17H,16H2,1-6H3,(H-,30,33,34,35)/p+1. The first kappa shape index (κ1) is 25.0. The van der Waals surface area contributed by atoms with Gasteiger partial charge in [-0.05, 0) is 41.8 Å². The maximum absolute atomic E-state index is 12.7. The molecule has 7 heteroatoms. The molecule has 0 spiro atoms. The molecule has 2 N–H and O–H groups in total. The van der Waals surface area contributed by atoms with Gasteiger partial charge in [0.1, 0.15) is 25.4 Å². The second-order valence-electron chi connectivity index (χ2n) is 9.80. The summed E-state index contributed by atoms with van der Waals surface area (Å²) >= 11 is 0. The van der Waals surface area contributed by atoms with Gasteiger partial charge in [0, 0.05) is 60.5 Å². The van der Waals surface area contributed by atoms with Crippen LogP contribution in [0.4, 0.5) is 5.69 Å². The Morgan fingerprint density at radius 3 is 2.36 bits per heavy atom. The summed E-state index contributed by atoms with van der Waals surface area (Å²) in [5.74, 6) is -0.450. The van der Waals surface area contributed by atoms with Crippen LogP contribution < -0.4 is 20.1 Å². The van der Waals surface area contributed by atoms with Crippen molar-refractivity contribution in [2.24, 2.45) is 5.92 Å². The lowest BCUT2D eigenvalue weighted by molar-refractivity contribution is 0.0697. The Hall–Kier alpha value is -4.13. The molecule has 0 radical (unpaired) electrons. The van der Waals surface area contributed by atoms with Gasteiger partial charge in [0.25, 0.3) is 5.91 Å². The molecule has 1 aliphatic heterocycles. The Balaban J connectivity index is 2.02. The average Bonchev–Trinajstić information content (AvgIpc) is 2.84. The highest BCUT2D eigenvalue weighted by Gasteiger charge is 2.23. The summed E-state index contributed by atoms with van der Waals surface area (Å²) in [7, 11) is 7.83. The largest absolute Gasteiger partial charge is 0.478 e. The van der Waals surface area contributed by atoms with Crippen molar-refractivity contribution in [1.82, 2.24) is 9.89 Å². The maximum Gasteiger partial charge on any atom is 0.336 e. The molecule has 1 heterocycles. The zero-order chi connectivity index (χ0) is 26.1. The fourth-order valence-electron chi connectivity index (χ4n) is 4.19. The minimum Gasteiger partial charge on any atom is -0.478 e. The molecule has 0 aromatic heterocycles. The van der Waals surface area contributed by atoms with Crippen LogP contribution in [0.5, 0.6) is 0 Å². The van der Waals surface area contributed by atoms with E-state index in [4.69, 9.17) is 4.42 Å². The molecule has 1 aliphatic carbocycles. The van der Waals surface area contributed by atoms with E-state index in [1.54, 1.807) is 12.1 Å². The van der Waals surface area contributed by atoms with Gasteiger partial charge >= 0.3 is 5.97 Å². The number of nitrogens with one attached hydrogen (secondary N) is 1. The number of rotatable bonds is 6. The first-order chi connectivity index (χ1) is 17.1. The van der Waals surface area contributed by atoms with Crippen LogP contribution in [0.25, 0.3) is 33.4 Å². The summed E-state index contributed by atoms with van der Waals surface area (Å²) in [5, 5.41) is 14.8. The number of carboxylic acid groups (broad SMARTS) is 1. The van der Waals surface area contributed by atoms with Gasteiger partial charge in [0.2, 0.25) is 5.36 Å². The minimum atomic E-state index is -1.10. The lowest BCUT2D eigenvalue weighted by Gasteiger charge is -2.19. The highest BCUT2D eigenvalue weighted by Crippen LogP contribution is 2.42. The van der Waals surface area contributed by atoms with Gasteiger partial charge in [-0.3, -0.25) is 4.79 Å². The molecule has 2 aliphatic rings. The number of hydrogen-bond donors (Lipinski definition) is 2. The topological polar surface area (TPSA) is 85.8 Å². The van der Waals surface area contributed by atoms with Crippen LogP contribution in [0, 0.1) is 5.92 Å². The fourth-order valence-corrected chi connectivity index (χ4v) is 4.19. The van der Waals surface area contributed by atoms with Crippen LogP contribution in [0.3, 0.4) is 0 Å². The normalized spacial score (nSPS) is 11.2. The van der Waals surface area contributed by atoms with Gasteiger partial charge < -0.3 is 19.7 Å². The molecule has 1 amide bonds. The predicted octanol–water partition coefficient (Wildman–Crippen LogP) is 4.39. The van der Waals surface area contributed by atoms with Crippen LogP contribution in [0.1, 0.15) is 34.6 Å². The van der Waals surface area contributed by atoms with E-state index in [0.717, 1.165) is 27.6 Å². The first-order valence-corrected chi connectivity index (χ1v) is 11.9. The molecule has 0 saturated carbocycles. The van der Waals surface area contributed by atoms with E-state index >= 15 is 0 Å². The molecule has 7 nitrogen and oxygen atoms in total. The second kappa shape index (κ2) is 9.85. The van der Waals surface area contributed by atoms with E-state index < -0.39 is 5.97 Å². The summed E-state index contributed by atoms with van der Waals surface area (Å²) in [4.78, 5) is 27.1. The Morgan fingerprint density at radius 1 is 1.00 bits per heavy atom. The van der Waals surface area contributed by atoms with Crippen LogP contribution >= 0.6 is 0 Å². The van der Waals surface area contributed by atoms with Crippen molar-refractivity contribution in [3.05, 3.63) is 71.1 Å². The predicted molar refractivity (Wildman–Crippen MR) is 144 cm³/mol. The number of fused-ring (bicyclic) bond motifs is 2. The number of hydrogen-bond acceptors (Lipinski definition) is 4. The molecular weight excluding hydrogens is 454 g/mol. The third kappa shape index (κ3) is 4.82. The van der Waals surface area contributed by atoms with E-state index in [0.29, 0.717) is 29.0 Å². The SMILES string of the molecule is CC(C)CNC(=O)c1ccc(-c2c3ccc(=[N+](C)C)cc-3oc3cc(N(C)C)ccc23)c(C(=O)O)c1. The average molecular weight is 487 g/mol. The molecule has 0 unspecified atom stereocenters. The Bertz CT molecular complexity index is 1510. The lowest BCUT2D eigenvalue weighted by Crippen LogP contribution is -2.27. The van der Waals surface area contributed by atoms with Gasteiger partial charge in [0.15, 0.2) is 0 Å². The summed E-state index contributed by atoms with van der Waals surface area (Å²) in [6.07, 6.45) is 0. The minimum absolute atomic E-state index is 0.0642. The molecule has 0 saturated heterocycles. The van der Waals surface area contributed by atoms with Gasteiger partial charge in [-0.15, -0.1) is 0 Å².